The molecule has 1 aliphatic rings. The van der Waals surface area contributed by atoms with Crippen LogP contribution in [0.3, 0.4) is 0 Å². The van der Waals surface area contributed by atoms with Crippen molar-refractivity contribution in [3.63, 3.8) is 0 Å². The Morgan fingerprint density at radius 3 is 2.27 bits per heavy atom. The number of methoxy groups -OCH3 is 2. The third kappa shape index (κ3) is 5.87. The van der Waals surface area contributed by atoms with Crippen molar-refractivity contribution in [1.82, 2.24) is 9.88 Å². The molecule has 0 bridgehead atoms. The number of hydrogen-bond acceptors (Lipinski definition) is 8. The number of aromatic nitrogens is 1. The standard InChI is InChI=1S/C26H30N4O5S.ClH/c1-5-28(6-2)12-13-29(26-27-19-15-20(34-3)21(35-4)16-22(19)36-26)25(33)17-8-7-9-18(14-17)30-23(31)10-11-24(30)32;/h7-9,14-16H,5-6,10-13H2,1-4H3;1H. The van der Waals surface area contributed by atoms with E-state index in [0.29, 0.717) is 46.5 Å². The van der Waals surface area contributed by atoms with Crippen LogP contribution in [0.15, 0.2) is 36.4 Å². The van der Waals surface area contributed by atoms with Crippen molar-refractivity contribution in [3.05, 3.63) is 42.0 Å². The quantitative estimate of drug-likeness (QED) is 0.348. The van der Waals surface area contributed by atoms with Crippen molar-refractivity contribution in [3.8, 4) is 11.5 Å². The van der Waals surface area contributed by atoms with Crippen LogP contribution in [0.1, 0.15) is 37.0 Å². The first-order chi connectivity index (χ1) is 17.4. The Morgan fingerprint density at radius 2 is 1.65 bits per heavy atom. The maximum Gasteiger partial charge on any atom is 0.260 e. The van der Waals surface area contributed by atoms with Gasteiger partial charge in [0.2, 0.25) is 11.8 Å². The molecule has 1 fully saturated rings. The Morgan fingerprint density at radius 1 is 1.00 bits per heavy atom. The van der Waals surface area contributed by atoms with E-state index in [4.69, 9.17) is 14.5 Å². The number of benzene rings is 2. The van der Waals surface area contributed by atoms with Crippen LogP contribution in [0.5, 0.6) is 11.5 Å². The molecule has 0 atom stereocenters. The maximum atomic E-state index is 13.8. The third-order valence-corrected chi connectivity index (χ3v) is 7.34. The van der Waals surface area contributed by atoms with Crippen molar-refractivity contribution in [2.24, 2.45) is 0 Å². The van der Waals surface area contributed by atoms with Gasteiger partial charge in [-0.05, 0) is 31.3 Å². The van der Waals surface area contributed by atoms with Gasteiger partial charge in [-0.2, -0.15) is 0 Å². The molecule has 4 rings (SSSR count). The number of hydrogen-bond donors (Lipinski definition) is 0. The van der Waals surface area contributed by atoms with Crippen molar-refractivity contribution < 1.29 is 23.9 Å². The number of carbonyl (C=O) groups is 3. The molecule has 2 heterocycles. The molecule has 0 spiro atoms. The zero-order valence-corrected chi connectivity index (χ0v) is 23.0. The molecule has 198 valence electrons. The molecular formula is C26H31ClN4O5S. The van der Waals surface area contributed by atoms with E-state index in [1.165, 1.54) is 11.3 Å². The van der Waals surface area contributed by atoms with Gasteiger partial charge >= 0.3 is 0 Å². The predicted octanol–water partition coefficient (Wildman–Crippen LogP) is 4.38. The summed E-state index contributed by atoms with van der Waals surface area (Å²) in [5.74, 6) is 0.402. The van der Waals surface area contributed by atoms with E-state index in [-0.39, 0.29) is 43.0 Å². The van der Waals surface area contributed by atoms with E-state index in [9.17, 15) is 14.4 Å². The smallest absolute Gasteiger partial charge is 0.260 e. The fourth-order valence-electron chi connectivity index (χ4n) is 4.22. The van der Waals surface area contributed by atoms with Gasteiger partial charge in [-0.1, -0.05) is 31.3 Å². The highest BCUT2D eigenvalue weighted by atomic mass is 35.5. The Kier molecular flexibility index (Phi) is 9.47. The number of halogens is 1. The van der Waals surface area contributed by atoms with Gasteiger partial charge in [0.05, 0.1) is 30.1 Å². The zero-order valence-electron chi connectivity index (χ0n) is 21.4. The van der Waals surface area contributed by atoms with Gasteiger partial charge in [0.25, 0.3) is 5.91 Å². The van der Waals surface area contributed by atoms with E-state index in [1.807, 2.05) is 6.07 Å². The monoisotopic (exact) mass is 546 g/mol. The normalized spacial score (nSPS) is 13.3. The summed E-state index contributed by atoms with van der Waals surface area (Å²) in [6.45, 7) is 6.99. The lowest BCUT2D eigenvalue weighted by atomic mass is 10.1. The molecule has 9 nitrogen and oxygen atoms in total. The van der Waals surface area contributed by atoms with E-state index in [0.717, 1.165) is 22.7 Å². The average molecular weight is 547 g/mol. The van der Waals surface area contributed by atoms with E-state index < -0.39 is 0 Å². The van der Waals surface area contributed by atoms with Crippen molar-refractivity contribution in [2.75, 3.05) is 50.2 Å². The molecule has 2 aromatic carbocycles. The first-order valence-electron chi connectivity index (χ1n) is 11.9. The summed E-state index contributed by atoms with van der Waals surface area (Å²) in [6, 6.07) is 10.3. The first kappa shape index (κ1) is 28.4. The minimum atomic E-state index is -0.253. The number of anilines is 2. The van der Waals surface area contributed by atoms with Crippen LogP contribution in [0.25, 0.3) is 10.2 Å². The highest BCUT2D eigenvalue weighted by Gasteiger charge is 2.31. The van der Waals surface area contributed by atoms with Crippen LogP contribution in [0.4, 0.5) is 10.8 Å². The fraction of sp³-hybridized carbons (Fsp3) is 0.385. The second kappa shape index (κ2) is 12.4. The summed E-state index contributed by atoms with van der Waals surface area (Å²) in [4.78, 5) is 48.1. The number of thiazole rings is 1. The van der Waals surface area contributed by atoms with E-state index in [1.54, 1.807) is 49.5 Å². The van der Waals surface area contributed by atoms with Gasteiger partial charge < -0.3 is 14.4 Å². The molecular weight excluding hydrogens is 516 g/mol. The number of ether oxygens (including phenoxy) is 2. The number of nitrogens with zero attached hydrogens (tertiary/aromatic N) is 4. The van der Waals surface area contributed by atoms with Crippen LogP contribution in [0, 0.1) is 0 Å². The van der Waals surface area contributed by atoms with Crippen LogP contribution >= 0.6 is 23.7 Å². The van der Waals surface area contributed by atoms with Crippen LogP contribution < -0.4 is 19.3 Å². The lowest BCUT2D eigenvalue weighted by Gasteiger charge is -2.25. The van der Waals surface area contributed by atoms with Gasteiger partial charge in [-0.15, -0.1) is 12.4 Å². The molecule has 0 radical (unpaired) electrons. The number of likely N-dealkylation sites (N-methyl/N-ethyl adjacent to an activating group) is 1. The van der Waals surface area contributed by atoms with Gasteiger partial charge in [-0.25, -0.2) is 4.98 Å². The molecule has 11 heteroatoms. The Labute approximate surface area is 226 Å². The molecule has 0 saturated carbocycles. The Hall–Kier alpha value is -3.21. The number of carbonyl (C=O) groups excluding carboxylic acids is 3. The van der Waals surface area contributed by atoms with E-state index >= 15 is 0 Å². The SMILES string of the molecule is CCN(CC)CCN(C(=O)c1cccc(N2C(=O)CCC2=O)c1)c1nc2cc(OC)c(OC)cc2s1.Cl. The van der Waals surface area contributed by atoms with Crippen LogP contribution in [-0.2, 0) is 9.59 Å². The van der Waals surface area contributed by atoms with Crippen molar-refractivity contribution in [2.45, 2.75) is 26.7 Å². The predicted molar refractivity (Wildman–Crippen MR) is 148 cm³/mol. The third-order valence-electron chi connectivity index (χ3n) is 6.30. The Bertz CT molecular complexity index is 1240. The first-order valence-corrected chi connectivity index (χ1v) is 12.7. The largest absolute Gasteiger partial charge is 0.493 e. The number of rotatable bonds is 10. The second-order valence-corrected chi connectivity index (χ2v) is 9.34. The fourth-order valence-corrected chi connectivity index (χ4v) is 5.22. The van der Waals surface area contributed by atoms with E-state index in [2.05, 4.69) is 18.7 Å². The average Bonchev–Trinajstić information content (AvgIpc) is 3.46. The van der Waals surface area contributed by atoms with Crippen LogP contribution in [-0.4, -0.2) is 68.0 Å². The molecule has 37 heavy (non-hydrogen) atoms. The number of fused-ring (bicyclic) bond motifs is 1. The van der Waals surface area contributed by atoms with Gasteiger partial charge in [0.15, 0.2) is 16.6 Å². The van der Waals surface area contributed by atoms with Crippen molar-refractivity contribution >= 4 is 62.5 Å². The Balaban J connectivity index is 0.00000380. The van der Waals surface area contributed by atoms with Crippen molar-refractivity contribution in [1.29, 1.82) is 0 Å². The second-order valence-electron chi connectivity index (χ2n) is 8.33. The minimum Gasteiger partial charge on any atom is -0.493 e. The summed E-state index contributed by atoms with van der Waals surface area (Å²) in [6.07, 6.45) is 0.372. The molecule has 3 amide bonds. The molecule has 3 aromatic rings. The molecule has 1 aromatic heterocycles. The molecule has 1 saturated heterocycles. The maximum absolute atomic E-state index is 13.8. The number of amides is 3. The van der Waals surface area contributed by atoms with Gasteiger partial charge in [-0.3, -0.25) is 24.2 Å². The highest BCUT2D eigenvalue weighted by molar-refractivity contribution is 7.22. The van der Waals surface area contributed by atoms with Gasteiger partial charge in [0, 0.05) is 43.6 Å². The zero-order chi connectivity index (χ0) is 25.8. The summed E-state index contributed by atoms with van der Waals surface area (Å²) in [5.41, 5.74) is 1.50. The number of imide groups is 1. The highest BCUT2D eigenvalue weighted by Crippen LogP contribution is 2.37. The molecule has 0 N–H and O–H groups in total. The lowest BCUT2D eigenvalue weighted by molar-refractivity contribution is -0.121. The van der Waals surface area contributed by atoms with Crippen LogP contribution in [0.2, 0.25) is 0 Å². The molecule has 0 aliphatic carbocycles. The summed E-state index contributed by atoms with van der Waals surface area (Å²) in [5, 5.41) is 0.552. The summed E-state index contributed by atoms with van der Waals surface area (Å²) in [7, 11) is 3.15. The molecule has 1 aliphatic heterocycles. The van der Waals surface area contributed by atoms with Gasteiger partial charge in [0.1, 0.15) is 0 Å². The summed E-state index contributed by atoms with van der Waals surface area (Å²) < 4.78 is 11.7. The summed E-state index contributed by atoms with van der Waals surface area (Å²) >= 11 is 1.40. The minimum absolute atomic E-state index is 0. The topological polar surface area (TPSA) is 92.3 Å². The molecule has 0 unspecified atom stereocenters. The lowest BCUT2D eigenvalue weighted by Crippen LogP contribution is -2.39.